The smallest absolute Gasteiger partial charge is 0.125 e. The third-order valence-electron chi connectivity index (χ3n) is 2.59. The molecule has 2 rings (SSSR count). The number of hydrogen-bond acceptors (Lipinski definition) is 1. The maximum absolute atomic E-state index is 13.1. The van der Waals surface area contributed by atoms with Crippen molar-refractivity contribution in [3.63, 3.8) is 0 Å². The molecular weight excluding hydrogens is 258 g/mol. The summed E-state index contributed by atoms with van der Waals surface area (Å²) in [5.41, 5.74) is 1.02. The van der Waals surface area contributed by atoms with Gasteiger partial charge in [0, 0.05) is 11.4 Å². The van der Waals surface area contributed by atoms with Crippen LogP contribution in [0.15, 0.2) is 42.5 Å². The Kier molecular flexibility index (Phi) is 3.94. The Morgan fingerprint density at radius 1 is 1.06 bits per heavy atom. The summed E-state index contributed by atoms with van der Waals surface area (Å²) in [5, 5.41) is 10.2. The zero-order valence-electron chi connectivity index (χ0n) is 9.41. The molecule has 0 saturated carbocycles. The van der Waals surface area contributed by atoms with E-state index in [0.717, 1.165) is 0 Å². The molecule has 0 spiro atoms. The average molecular weight is 269 g/mol. The van der Waals surface area contributed by atoms with E-state index < -0.39 is 11.9 Å². The van der Waals surface area contributed by atoms with Crippen LogP contribution < -0.4 is 0 Å². The zero-order chi connectivity index (χ0) is 13.1. The lowest BCUT2D eigenvalue weighted by Crippen LogP contribution is -2.02. The molecule has 94 valence electrons. The molecule has 1 nitrogen and oxygen atoms in total. The zero-order valence-corrected chi connectivity index (χ0v) is 10.2. The Labute approximate surface area is 109 Å². The maximum atomic E-state index is 13.1. The molecule has 1 atom stereocenters. The normalized spacial score (nSPS) is 12.4. The SMILES string of the molecule is OC(Cc1cccc(F)c1)c1cc(F)cc(Cl)c1. The molecular formula is C14H11ClF2O. The number of hydrogen-bond donors (Lipinski definition) is 1. The van der Waals surface area contributed by atoms with Crippen LogP contribution in [0.3, 0.4) is 0 Å². The van der Waals surface area contributed by atoms with Crippen molar-refractivity contribution in [1.29, 1.82) is 0 Å². The van der Waals surface area contributed by atoms with Gasteiger partial charge in [0.25, 0.3) is 0 Å². The van der Waals surface area contributed by atoms with Crippen LogP contribution in [0.4, 0.5) is 8.78 Å². The predicted octanol–water partition coefficient (Wildman–Crippen LogP) is 3.89. The first kappa shape index (κ1) is 13.0. The molecule has 0 aromatic heterocycles. The van der Waals surface area contributed by atoms with Crippen molar-refractivity contribution in [2.75, 3.05) is 0 Å². The second-order valence-corrected chi connectivity index (χ2v) is 4.49. The Morgan fingerprint density at radius 3 is 2.50 bits per heavy atom. The molecule has 0 bridgehead atoms. The summed E-state index contributed by atoms with van der Waals surface area (Å²) in [6.07, 6.45) is -0.711. The van der Waals surface area contributed by atoms with E-state index in [4.69, 9.17) is 11.6 Å². The van der Waals surface area contributed by atoms with Gasteiger partial charge < -0.3 is 5.11 Å². The van der Waals surface area contributed by atoms with Gasteiger partial charge >= 0.3 is 0 Å². The van der Waals surface area contributed by atoms with Crippen LogP contribution in [0, 0.1) is 11.6 Å². The molecule has 0 aliphatic carbocycles. The maximum Gasteiger partial charge on any atom is 0.125 e. The standard InChI is InChI=1S/C14H11ClF2O/c15-11-6-10(7-13(17)8-11)14(18)5-9-2-1-3-12(16)4-9/h1-4,6-8,14,18H,5H2. The molecule has 1 N–H and O–H groups in total. The van der Waals surface area contributed by atoms with E-state index in [1.807, 2.05) is 0 Å². The van der Waals surface area contributed by atoms with Gasteiger partial charge in [-0.15, -0.1) is 0 Å². The molecule has 0 amide bonds. The highest BCUT2D eigenvalue weighted by molar-refractivity contribution is 6.30. The van der Waals surface area contributed by atoms with Crippen LogP contribution in [0.2, 0.25) is 5.02 Å². The Balaban J connectivity index is 2.19. The van der Waals surface area contributed by atoms with Crippen molar-refractivity contribution >= 4 is 11.6 Å². The lowest BCUT2D eigenvalue weighted by atomic mass is 10.0. The number of aliphatic hydroxyl groups excluding tert-OH is 1. The van der Waals surface area contributed by atoms with Crippen molar-refractivity contribution < 1.29 is 13.9 Å². The van der Waals surface area contributed by atoms with Gasteiger partial charge in [-0.3, -0.25) is 0 Å². The van der Waals surface area contributed by atoms with Crippen molar-refractivity contribution in [2.24, 2.45) is 0 Å². The van der Waals surface area contributed by atoms with E-state index in [2.05, 4.69) is 0 Å². The summed E-state index contributed by atoms with van der Waals surface area (Å²) in [7, 11) is 0. The highest BCUT2D eigenvalue weighted by atomic mass is 35.5. The summed E-state index contributed by atoms with van der Waals surface area (Å²) in [5.74, 6) is -0.868. The van der Waals surface area contributed by atoms with Gasteiger partial charge in [-0.25, -0.2) is 8.78 Å². The monoisotopic (exact) mass is 268 g/mol. The Bertz CT molecular complexity index is 537. The van der Waals surface area contributed by atoms with Gasteiger partial charge in [-0.1, -0.05) is 23.7 Å². The van der Waals surface area contributed by atoms with Gasteiger partial charge in [-0.2, -0.15) is 0 Å². The summed E-state index contributed by atoms with van der Waals surface area (Å²) < 4.78 is 26.1. The predicted molar refractivity (Wildman–Crippen MR) is 66.5 cm³/mol. The molecule has 0 heterocycles. The summed E-state index contributed by atoms with van der Waals surface area (Å²) in [6.45, 7) is 0. The van der Waals surface area contributed by atoms with Crippen LogP contribution in [0.5, 0.6) is 0 Å². The second kappa shape index (κ2) is 5.46. The number of aliphatic hydroxyl groups is 1. The van der Waals surface area contributed by atoms with E-state index in [1.165, 1.54) is 30.3 Å². The van der Waals surface area contributed by atoms with E-state index in [0.29, 0.717) is 11.1 Å². The minimum absolute atomic E-state index is 0.206. The molecule has 0 aliphatic rings. The lowest BCUT2D eigenvalue weighted by Gasteiger charge is -2.11. The lowest BCUT2D eigenvalue weighted by molar-refractivity contribution is 0.178. The van der Waals surface area contributed by atoms with Gasteiger partial charge in [0.2, 0.25) is 0 Å². The molecule has 4 heteroatoms. The Hall–Kier alpha value is -1.45. The first-order chi connectivity index (χ1) is 8.54. The average Bonchev–Trinajstić information content (AvgIpc) is 2.27. The largest absolute Gasteiger partial charge is 0.388 e. The number of benzene rings is 2. The van der Waals surface area contributed by atoms with E-state index in [-0.39, 0.29) is 17.3 Å². The van der Waals surface area contributed by atoms with Gasteiger partial charge in [0.1, 0.15) is 11.6 Å². The third kappa shape index (κ3) is 3.28. The van der Waals surface area contributed by atoms with Crippen molar-refractivity contribution in [3.05, 3.63) is 70.2 Å². The van der Waals surface area contributed by atoms with Crippen LogP contribution in [-0.4, -0.2) is 5.11 Å². The fraction of sp³-hybridized carbons (Fsp3) is 0.143. The van der Waals surface area contributed by atoms with Crippen LogP contribution in [-0.2, 0) is 6.42 Å². The summed E-state index contributed by atoms with van der Waals surface area (Å²) in [4.78, 5) is 0. The third-order valence-corrected chi connectivity index (χ3v) is 2.81. The Morgan fingerprint density at radius 2 is 1.83 bits per heavy atom. The molecule has 0 radical (unpaired) electrons. The molecule has 0 saturated heterocycles. The van der Waals surface area contributed by atoms with Crippen LogP contribution in [0.25, 0.3) is 0 Å². The van der Waals surface area contributed by atoms with Crippen LogP contribution >= 0.6 is 11.6 Å². The van der Waals surface area contributed by atoms with E-state index in [9.17, 15) is 13.9 Å². The minimum Gasteiger partial charge on any atom is -0.388 e. The highest BCUT2D eigenvalue weighted by Crippen LogP contribution is 2.23. The topological polar surface area (TPSA) is 20.2 Å². The fourth-order valence-corrected chi connectivity index (χ4v) is 2.00. The molecule has 18 heavy (non-hydrogen) atoms. The molecule has 1 unspecified atom stereocenters. The molecule has 0 fully saturated rings. The molecule has 2 aromatic carbocycles. The number of halogens is 3. The quantitative estimate of drug-likeness (QED) is 0.895. The summed E-state index contributed by atoms with van der Waals surface area (Å²) in [6, 6.07) is 9.81. The van der Waals surface area contributed by atoms with Gasteiger partial charge in [0.15, 0.2) is 0 Å². The van der Waals surface area contributed by atoms with Gasteiger partial charge in [0.05, 0.1) is 6.10 Å². The van der Waals surface area contributed by atoms with E-state index >= 15 is 0 Å². The van der Waals surface area contributed by atoms with Gasteiger partial charge in [-0.05, 0) is 41.5 Å². The van der Waals surface area contributed by atoms with Crippen molar-refractivity contribution in [3.8, 4) is 0 Å². The fourth-order valence-electron chi connectivity index (χ4n) is 1.77. The molecule has 2 aromatic rings. The summed E-state index contributed by atoms with van der Waals surface area (Å²) >= 11 is 5.71. The molecule has 0 aliphatic heterocycles. The first-order valence-electron chi connectivity index (χ1n) is 5.43. The highest BCUT2D eigenvalue weighted by Gasteiger charge is 2.11. The van der Waals surface area contributed by atoms with Crippen molar-refractivity contribution in [1.82, 2.24) is 0 Å². The van der Waals surface area contributed by atoms with Crippen molar-refractivity contribution in [2.45, 2.75) is 12.5 Å². The van der Waals surface area contributed by atoms with E-state index in [1.54, 1.807) is 12.1 Å². The second-order valence-electron chi connectivity index (χ2n) is 4.05. The number of rotatable bonds is 3. The van der Waals surface area contributed by atoms with Crippen LogP contribution in [0.1, 0.15) is 17.2 Å². The minimum atomic E-state index is -0.917. The first-order valence-corrected chi connectivity index (χ1v) is 5.81.